The Morgan fingerprint density at radius 1 is 1.16 bits per heavy atom. The molecule has 3 N–H and O–H groups in total. The summed E-state index contributed by atoms with van der Waals surface area (Å²) in [5.41, 5.74) is 0.926. The summed E-state index contributed by atoms with van der Waals surface area (Å²) < 4.78 is 0. The molecule has 7 heteroatoms. The Labute approximate surface area is 115 Å². The van der Waals surface area contributed by atoms with E-state index in [1.54, 1.807) is 24.3 Å². The van der Waals surface area contributed by atoms with Crippen LogP contribution in [0.25, 0.3) is 0 Å². The molecule has 0 atom stereocenters. The number of amides is 2. The monoisotopic (exact) mass is 281 g/mol. The van der Waals surface area contributed by atoms with E-state index in [9.17, 15) is 14.4 Å². The van der Waals surface area contributed by atoms with Crippen molar-refractivity contribution in [3.63, 3.8) is 0 Å². The molecule has 0 bridgehead atoms. The van der Waals surface area contributed by atoms with Gasteiger partial charge in [0, 0.05) is 12.1 Å². The lowest BCUT2D eigenvalue weighted by Crippen LogP contribution is -2.31. The Bertz CT molecular complexity index is 490. The predicted octanol–water partition coefficient (Wildman–Crippen LogP) is 0.315. The Balaban J connectivity index is 2.74. The number of hydrogen-bond acceptors (Lipinski definition) is 3. The van der Waals surface area contributed by atoms with Crippen LogP contribution in [0.5, 0.6) is 0 Å². The van der Waals surface area contributed by atoms with Crippen LogP contribution in [0.1, 0.15) is 15.9 Å². The molecule has 0 spiro atoms. The molecule has 0 fully saturated rings. The van der Waals surface area contributed by atoms with Crippen molar-refractivity contribution < 1.29 is 19.5 Å². The Morgan fingerprint density at radius 3 is 2.47 bits per heavy atom. The van der Waals surface area contributed by atoms with Gasteiger partial charge in [0.05, 0.1) is 5.75 Å². The summed E-state index contributed by atoms with van der Waals surface area (Å²) >= 11 is 4.59. The first-order chi connectivity index (χ1) is 9.04. The van der Waals surface area contributed by atoms with E-state index in [2.05, 4.69) is 23.3 Å². The molecule has 0 unspecified atom stereocenters. The Morgan fingerprint density at radius 2 is 1.84 bits per heavy atom. The molecule has 1 rings (SSSR count). The third-order valence-corrected chi connectivity index (χ3v) is 2.53. The van der Waals surface area contributed by atoms with Crippen LogP contribution < -0.4 is 10.6 Å². The highest BCUT2D eigenvalue weighted by Gasteiger charge is 2.12. The van der Waals surface area contributed by atoms with E-state index >= 15 is 0 Å². The molecule has 0 aliphatic rings. The van der Waals surface area contributed by atoms with Crippen LogP contribution >= 0.6 is 12.6 Å². The largest absolute Gasteiger partial charge is 0.480 e. The first kappa shape index (κ1) is 15.0. The summed E-state index contributed by atoms with van der Waals surface area (Å²) in [5.74, 6) is -1.96. The summed E-state index contributed by atoms with van der Waals surface area (Å²) in [6.45, 7) is -0.280. The summed E-state index contributed by atoms with van der Waals surface area (Å²) in [7, 11) is 0. The molecule has 0 heterocycles. The van der Waals surface area contributed by atoms with Crippen molar-refractivity contribution in [2.75, 3.05) is 12.3 Å². The van der Waals surface area contributed by atoms with Crippen LogP contribution in [-0.4, -0.2) is 35.2 Å². The van der Waals surface area contributed by atoms with Gasteiger partial charge in [0.25, 0.3) is 5.91 Å². The third-order valence-electron chi connectivity index (χ3n) is 2.27. The number of carbonyl (C=O) groups excluding carboxylic acids is 2. The SMILES string of the molecule is O=C(O)CNC(=O)c1ccccc1CNC(=O)C[S]. The number of rotatable bonds is 6. The molecular weight excluding hydrogens is 268 g/mol. The maximum Gasteiger partial charge on any atom is 0.322 e. The lowest BCUT2D eigenvalue weighted by Gasteiger charge is -2.09. The van der Waals surface area contributed by atoms with Gasteiger partial charge in [-0.2, -0.15) is 0 Å². The average molecular weight is 281 g/mol. The summed E-state index contributed by atoms with van der Waals surface area (Å²) in [4.78, 5) is 33.3. The molecule has 0 saturated heterocycles. The smallest absolute Gasteiger partial charge is 0.322 e. The van der Waals surface area contributed by atoms with Crippen molar-refractivity contribution in [3.8, 4) is 0 Å². The van der Waals surface area contributed by atoms with Crippen molar-refractivity contribution in [2.24, 2.45) is 0 Å². The number of benzene rings is 1. The lowest BCUT2D eigenvalue weighted by molar-refractivity contribution is -0.135. The molecule has 0 saturated carbocycles. The highest BCUT2D eigenvalue weighted by atomic mass is 32.1. The van der Waals surface area contributed by atoms with Gasteiger partial charge in [-0.05, 0) is 11.6 Å². The second-order valence-corrected chi connectivity index (χ2v) is 3.94. The topological polar surface area (TPSA) is 95.5 Å². The van der Waals surface area contributed by atoms with Gasteiger partial charge in [0.2, 0.25) is 5.91 Å². The Kier molecular flexibility index (Phi) is 5.87. The zero-order valence-electron chi connectivity index (χ0n) is 10.0. The highest BCUT2D eigenvalue weighted by molar-refractivity contribution is 7.81. The molecule has 0 aliphatic carbocycles. The molecule has 19 heavy (non-hydrogen) atoms. The van der Waals surface area contributed by atoms with E-state index in [-0.39, 0.29) is 18.2 Å². The quantitative estimate of drug-likeness (QED) is 0.699. The fourth-order valence-corrected chi connectivity index (χ4v) is 1.49. The molecule has 1 aromatic carbocycles. The van der Waals surface area contributed by atoms with E-state index in [4.69, 9.17) is 5.11 Å². The molecule has 2 amide bonds. The van der Waals surface area contributed by atoms with Crippen molar-refractivity contribution in [2.45, 2.75) is 6.54 Å². The minimum Gasteiger partial charge on any atom is -0.480 e. The molecule has 101 valence electrons. The first-order valence-corrected chi connectivity index (χ1v) is 6.05. The highest BCUT2D eigenvalue weighted by Crippen LogP contribution is 2.08. The summed E-state index contributed by atoms with van der Waals surface area (Å²) in [5, 5.41) is 13.3. The van der Waals surface area contributed by atoms with E-state index < -0.39 is 18.4 Å². The van der Waals surface area contributed by atoms with Gasteiger partial charge in [0.1, 0.15) is 6.54 Å². The van der Waals surface area contributed by atoms with Crippen LogP contribution in [0.15, 0.2) is 24.3 Å². The van der Waals surface area contributed by atoms with Gasteiger partial charge >= 0.3 is 5.97 Å². The first-order valence-electron chi connectivity index (χ1n) is 5.47. The molecule has 0 aliphatic heterocycles. The van der Waals surface area contributed by atoms with Crippen LogP contribution in [0.3, 0.4) is 0 Å². The second-order valence-electron chi connectivity index (χ2n) is 3.65. The molecule has 1 aromatic rings. The van der Waals surface area contributed by atoms with Gasteiger partial charge in [0.15, 0.2) is 0 Å². The zero-order valence-corrected chi connectivity index (χ0v) is 10.8. The van der Waals surface area contributed by atoms with Crippen molar-refractivity contribution in [1.29, 1.82) is 0 Å². The van der Waals surface area contributed by atoms with Crippen LogP contribution in [0.4, 0.5) is 0 Å². The minimum absolute atomic E-state index is 0.0482. The van der Waals surface area contributed by atoms with Crippen molar-refractivity contribution in [3.05, 3.63) is 35.4 Å². The average Bonchev–Trinajstić information content (AvgIpc) is 2.42. The minimum atomic E-state index is -1.12. The van der Waals surface area contributed by atoms with Gasteiger partial charge in [-0.1, -0.05) is 30.8 Å². The maximum absolute atomic E-state index is 11.8. The second kappa shape index (κ2) is 7.42. The van der Waals surface area contributed by atoms with Gasteiger partial charge in [-0.15, -0.1) is 0 Å². The number of carboxylic acids is 1. The number of aliphatic carboxylic acids is 1. The third kappa shape index (κ3) is 5.01. The molecule has 1 radical (unpaired) electrons. The standard InChI is InChI=1S/C12H13N2O4S/c15-10(7-19)13-5-8-3-1-2-4-9(8)12(18)14-6-11(16)17/h1-4H,5-7H2,(H,13,15)(H,14,18)(H,16,17). The predicted molar refractivity (Wildman–Crippen MR) is 70.7 cm³/mol. The molecule has 0 aromatic heterocycles. The normalized spacial score (nSPS) is 9.74. The molecular formula is C12H13N2O4S. The Hall–Kier alpha value is -2.02. The van der Waals surface area contributed by atoms with Crippen LogP contribution in [0, 0.1) is 0 Å². The van der Waals surface area contributed by atoms with Crippen LogP contribution in [-0.2, 0) is 16.1 Å². The van der Waals surface area contributed by atoms with Crippen LogP contribution in [0.2, 0.25) is 0 Å². The molecule has 6 nitrogen and oxygen atoms in total. The van der Waals surface area contributed by atoms with Crippen molar-refractivity contribution in [1.82, 2.24) is 10.6 Å². The fraction of sp³-hybridized carbons (Fsp3) is 0.250. The van der Waals surface area contributed by atoms with Gasteiger partial charge in [-0.25, -0.2) is 0 Å². The fourth-order valence-electron chi connectivity index (χ4n) is 1.39. The number of hydrogen-bond donors (Lipinski definition) is 3. The van der Waals surface area contributed by atoms with Gasteiger partial charge in [-0.3, -0.25) is 14.4 Å². The van der Waals surface area contributed by atoms with E-state index in [1.807, 2.05) is 0 Å². The summed E-state index contributed by atoms with van der Waals surface area (Å²) in [6, 6.07) is 6.63. The maximum atomic E-state index is 11.8. The summed E-state index contributed by atoms with van der Waals surface area (Å²) in [6.07, 6.45) is 0. The van der Waals surface area contributed by atoms with Crippen molar-refractivity contribution >= 4 is 30.4 Å². The number of carbonyl (C=O) groups is 3. The van der Waals surface area contributed by atoms with Gasteiger partial charge < -0.3 is 15.7 Å². The van der Waals surface area contributed by atoms with E-state index in [0.29, 0.717) is 11.1 Å². The van der Waals surface area contributed by atoms with E-state index in [1.165, 1.54) is 0 Å². The van der Waals surface area contributed by atoms with E-state index in [0.717, 1.165) is 0 Å². The number of nitrogens with one attached hydrogen (secondary N) is 2. The lowest BCUT2D eigenvalue weighted by atomic mass is 10.1. The zero-order chi connectivity index (χ0) is 14.3. The number of carboxylic acid groups (broad SMARTS) is 1.